The summed E-state index contributed by atoms with van der Waals surface area (Å²) in [4.78, 5) is 35.6. The molecule has 9 nitrogen and oxygen atoms in total. The fourth-order valence-corrected chi connectivity index (χ4v) is 2.59. The molecule has 2 aromatic carbocycles. The van der Waals surface area contributed by atoms with Crippen molar-refractivity contribution in [2.24, 2.45) is 0 Å². The van der Waals surface area contributed by atoms with Crippen molar-refractivity contribution >= 4 is 40.1 Å². The van der Waals surface area contributed by atoms with Crippen LogP contribution in [0.25, 0.3) is 10.9 Å². The average molecular weight is 382 g/mol. The Kier molecular flexibility index (Phi) is 5.54. The van der Waals surface area contributed by atoms with Gasteiger partial charge in [0, 0.05) is 18.0 Å². The minimum absolute atomic E-state index is 0.105. The summed E-state index contributed by atoms with van der Waals surface area (Å²) < 4.78 is 10.2. The third kappa shape index (κ3) is 4.26. The number of aromatic nitrogens is 2. The van der Waals surface area contributed by atoms with E-state index in [0.717, 1.165) is 0 Å². The molecule has 0 spiro atoms. The van der Waals surface area contributed by atoms with Crippen LogP contribution in [0.2, 0.25) is 0 Å². The number of hydrogen-bond donors (Lipinski definition) is 3. The maximum Gasteiger partial charge on any atom is 0.359 e. The van der Waals surface area contributed by atoms with Crippen molar-refractivity contribution in [2.45, 2.75) is 6.92 Å². The number of amides is 2. The molecule has 0 aliphatic carbocycles. The first-order valence-corrected chi connectivity index (χ1v) is 8.33. The molecule has 9 heteroatoms. The van der Waals surface area contributed by atoms with E-state index in [1.807, 2.05) is 6.07 Å². The van der Waals surface area contributed by atoms with Gasteiger partial charge in [0.25, 0.3) is 5.91 Å². The second kappa shape index (κ2) is 8.21. The number of fused-ring (bicyclic) bond motifs is 1. The van der Waals surface area contributed by atoms with Crippen molar-refractivity contribution in [3.05, 3.63) is 48.2 Å². The van der Waals surface area contributed by atoms with E-state index in [2.05, 4.69) is 20.8 Å². The molecule has 0 bridgehead atoms. The highest BCUT2D eigenvalue weighted by Crippen LogP contribution is 2.27. The summed E-state index contributed by atoms with van der Waals surface area (Å²) in [5.74, 6) is -1.13. The van der Waals surface area contributed by atoms with Crippen molar-refractivity contribution in [1.82, 2.24) is 10.2 Å². The van der Waals surface area contributed by atoms with Crippen molar-refractivity contribution in [3.8, 4) is 5.75 Å². The van der Waals surface area contributed by atoms with Gasteiger partial charge in [0.2, 0.25) is 5.91 Å². The van der Waals surface area contributed by atoms with E-state index >= 15 is 0 Å². The van der Waals surface area contributed by atoms with Gasteiger partial charge in [0.05, 0.1) is 18.3 Å². The molecule has 0 radical (unpaired) electrons. The predicted octanol–water partition coefficient (Wildman–Crippen LogP) is 2.33. The molecule has 0 atom stereocenters. The van der Waals surface area contributed by atoms with E-state index in [0.29, 0.717) is 28.0 Å². The van der Waals surface area contributed by atoms with Crippen LogP contribution >= 0.6 is 0 Å². The minimum Gasteiger partial charge on any atom is -0.495 e. The number of esters is 1. The Morgan fingerprint density at radius 3 is 2.64 bits per heavy atom. The van der Waals surface area contributed by atoms with Gasteiger partial charge in [-0.05, 0) is 24.3 Å². The number of methoxy groups -OCH3 is 1. The number of carbonyl (C=O) groups excluding carboxylic acids is 3. The molecule has 3 rings (SSSR count). The zero-order chi connectivity index (χ0) is 20.1. The fraction of sp³-hybridized carbons (Fsp3) is 0.158. The van der Waals surface area contributed by atoms with Gasteiger partial charge in [-0.15, -0.1) is 0 Å². The smallest absolute Gasteiger partial charge is 0.359 e. The zero-order valence-electron chi connectivity index (χ0n) is 15.2. The van der Waals surface area contributed by atoms with Crippen LogP contribution in [0.4, 0.5) is 11.4 Å². The van der Waals surface area contributed by atoms with Crippen LogP contribution in [0.15, 0.2) is 42.5 Å². The maximum atomic E-state index is 12.2. The number of rotatable bonds is 6. The number of benzene rings is 2. The monoisotopic (exact) mass is 382 g/mol. The molecule has 0 saturated carbocycles. The van der Waals surface area contributed by atoms with E-state index < -0.39 is 18.5 Å². The summed E-state index contributed by atoms with van der Waals surface area (Å²) >= 11 is 0. The van der Waals surface area contributed by atoms with E-state index in [9.17, 15) is 14.4 Å². The molecule has 0 saturated heterocycles. The van der Waals surface area contributed by atoms with E-state index in [1.54, 1.807) is 36.4 Å². The number of para-hydroxylation sites is 1. The number of H-pyrrole nitrogens is 1. The van der Waals surface area contributed by atoms with E-state index in [-0.39, 0.29) is 11.6 Å². The topological polar surface area (TPSA) is 122 Å². The predicted molar refractivity (Wildman–Crippen MR) is 102 cm³/mol. The fourth-order valence-electron chi connectivity index (χ4n) is 2.59. The van der Waals surface area contributed by atoms with Gasteiger partial charge in [-0.25, -0.2) is 4.79 Å². The summed E-state index contributed by atoms with van der Waals surface area (Å²) in [6.45, 7) is 0.869. The Labute approximate surface area is 160 Å². The third-order valence-corrected chi connectivity index (χ3v) is 3.79. The molecule has 144 valence electrons. The Morgan fingerprint density at radius 2 is 1.89 bits per heavy atom. The molecule has 0 aliphatic heterocycles. The van der Waals surface area contributed by atoms with Crippen molar-refractivity contribution < 1.29 is 23.9 Å². The number of aromatic amines is 1. The molecule has 1 heterocycles. The summed E-state index contributed by atoms with van der Waals surface area (Å²) in [6.07, 6.45) is 0. The van der Waals surface area contributed by atoms with Crippen molar-refractivity contribution in [2.75, 3.05) is 24.4 Å². The highest BCUT2D eigenvalue weighted by molar-refractivity contribution is 6.03. The van der Waals surface area contributed by atoms with Crippen LogP contribution in [0.1, 0.15) is 17.4 Å². The molecule has 28 heavy (non-hydrogen) atoms. The summed E-state index contributed by atoms with van der Waals surface area (Å²) in [5.41, 5.74) is 1.62. The average Bonchev–Trinajstić information content (AvgIpc) is 3.10. The molecular formula is C19H18N4O5. The largest absolute Gasteiger partial charge is 0.495 e. The van der Waals surface area contributed by atoms with Gasteiger partial charge in [0.1, 0.15) is 5.75 Å². The maximum absolute atomic E-state index is 12.2. The van der Waals surface area contributed by atoms with Crippen LogP contribution in [0.3, 0.4) is 0 Å². The first-order chi connectivity index (χ1) is 13.5. The number of nitrogens with one attached hydrogen (secondary N) is 3. The molecule has 1 aromatic heterocycles. The lowest BCUT2D eigenvalue weighted by Gasteiger charge is -2.12. The summed E-state index contributed by atoms with van der Waals surface area (Å²) in [6, 6.07) is 11.9. The van der Waals surface area contributed by atoms with Crippen LogP contribution in [0, 0.1) is 0 Å². The molecule has 0 unspecified atom stereocenters. The molecule has 0 fully saturated rings. The van der Waals surface area contributed by atoms with Gasteiger partial charge in [0.15, 0.2) is 12.3 Å². The highest BCUT2D eigenvalue weighted by atomic mass is 16.5. The first kappa shape index (κ1) is 18.9. The Morgan fingerprint density at radius 1 is 1.11 bits per heavy atom. The quantitative estimate of drug-likeness (QED) is 0.563. The molecule has 3 N–H and O–H groups in total. The highest BCUT2D eigenvalue weighted by Gasteiger charge is 2.17. The Balaban J connectivity index is 1.65. The van der Waals surface area contributed by atoms with E-state index in [4.69, 9.17) is 9.47 Å². The van der Waals surface area contributed by atoms with Gasteiger partial charge in [-0.2, -0.15) is 5.10 Å². The van der Waals surface area contributed by atoms with E-state index in [1.165, 1.54) is 14.0 Å². The normalized spacial score (nSPS) is 10.4. The van der Waals surface area contributed by atoms with Gasteiger partial charge in [-0.1, -0.05) is 18.2 Å². The summed E-state index contributed by atoms with van der Waals surface area (Å²) in [7, 11) is 1.45. The molecule has 2 amide bonds. The number of hydrogen-bond acceptors (Lipinski definition) is 6. The first-order valence-electron chi connectivity index (χ1n) is 8.33. The summed E-state index contributed by atoms with van der Waals surface area (Å²) in [5, 5.41) is 12.5. The standard InChI is InChI=1S/C19H18N4O5/c1-11(24)20-12-7-8-16(27-2)15(9-12)21-17(25)10-28-19(26)18-13-5-3-4-6-14(13)22-23-18/h3-9H,10H2,1-2H3,(H,20,24)(H,21,25)(H,22,23). The van der Waals surface area contributed by atoms with Gasteiger partial charge >= 0.3 is 5.97 Å². The van der Waals surface area contributed by atoms with Crippen LogP contribution in [-0.4, -0.2) is 41.7 Å². The molecule has 3 aromatic rings. The number of ether oxygens (including phenoxy) is 2. The SMILES string of the molecule is COc1ccc(NC(C)=O)cc1NC(=O)COC(=O)c1n[nH]c2ccccc12. The van der Waals surface area contributed by atoms with Crippen molar-refractivity contribution in [3.63, 3.8) is 0 Å². The molecule has 0 aliphatic rings. The lowest BCUT2D eigenvalue weighted by atomic mass is 10.2. The van der Waals surface area contributed by atoms with Crippen molar-refractivity contribution in [1.29, 1.82) is 0 Å². The Bertz CT molecular complexity index is 1040. The Hall–Kier alpha value is -3.88. The minimum atomic E-state index is -0.716. The van der Waals surface area contributed by atoms with Gasteiger partial charge < -0.3 is 20.1 Å². The number of nitrogens with zero attached hydrogens (tertiary/aromatic N) is 1. The van der Waals surface area contributed by atoms with Gasteiger partial charge in [-0.3, -0.25) is 14.7 Å². The lowest BCUT2D eigenvalue weighted by molar-refractivity contribution is -0.119. The second-order valence-electron chi connectivity index (χ2n) is 5.84. The second-order valence-corrected chi connectivity index (χ2v) is 5.84. The van der Waals surface area contributed by atoms with Crippen LogP contribution in [0.5, 0.6) is 5.75 Å². The number of anilines is 2. The third-order valence-electron chi connectivity index (χ3n) is 3.79. The van der Waals surface area contributed by atoms with Crippen LogP contribution < -0.4 is 15.4 Å². The lowest BCUT2D eigenvalue weighted by Crippen LogP contribution is -2.21. The molecular weight excluding hydrogens is 364 g/mol. The number of carbonyl (C=O) groups is 3. The zero-order valence-corrected chi connectivity index (χ0v) is 15.2. The van der Waals surface area contributed by atoms with Crippen LogP contribution in [-0.2, 0) is 14.3 Å².